The molecule has 0 aliphatic rings. The van der Waals surface area contributed by atoms with Gasteiger partial charge in [-0.3, -0.25) is 5.32 Å². The Hall–Kier alpha value is -1.64. The van der Waals surface area contributed by atoms with Crippen LogP contribution in [0.3, 0.4) is 0 Å². The van der Waals surface area contributed by atoms with Gasteiger partial charge in [-0.25, -0.2) is 0 Å². The van der Waals surface area contributed by atoms with Gasteiger partial charge in [-0.1, -0.05) is 60.1 Å². The Balaban J connectivity index is 2.19. The molecule has 1 unspecified atom stereocenters. The third-order valence-electron chi connectivity index (χ3n) is 3.17. The predicted octanol–water partition coefficient (Wildman–Crippen LogP) is 3.54. The summed E-state index contributed by atoms with van der Waals surface area (Å²) in [5, 5.41) is 3.86. The Labute approximate surface area is 118 Å². The van der Waals surface area contributed by atoms with E-state index in [-0.39, 0.29) is 0 Å². The summed E-state index contributed by atoms with van der Waals surface area (Å²) in [6, 6.07) is 17.4. The van der Waals surface area contributed by atoms with Gasteiger partial charge in [-0.2, -0.15) is 0 Å². The summed E-state index contributed by atoms with van der Waals surface area (Å²) in [6.07, 6.45) is 0.900. The molecule has 1 atom stereocenters. The van der Waals surface area contributed by atoms with Gasteiger partial charge in [-0.15, -0.1) is 0 Å². The smallest absolute Gasteiger partial charge is 0.144 e. The first-order valence-electron chi connectivity index (χ1n) is 6.16. The van der Waals surface area contributed by atoms with E-state index in [2.05, 4.69) is 5.32 Å². The van der Waals surface area contributed by atoms with E-state index in [4.69, 9.17) is 11.6 Å². The maximum Gasteiger partial charge on any atom is 0.144 e. The number of carbonyl (C=O) groups excluding carboxylic acids is 1. The van der Waals surface area contributed by atoms with E-state index in [1.165, 1.54) is 0 Å². The molecule has 0 heterocycles. The number of halogens is 1. The van der Waals surface area contributed by atoms with Crippen LogP contribution in [0.1, 0.15) is 18.1 Å². The zero-order chi connectivity index (χ0) is 13.7. The third-order valence-corrected chi connectivity index (χ3v) is 3.50. The van der Waals surface area contributed by atoms with Crippen LogP contribution in [0.15, 0.2) is 54.6 Å². The van der Waals surface area contributed by atoms with Crippen molar-refractivity contribution < 1.29 is 4.79 Å². The highest BCUT2D eigenvalue weighted by molar-refractivity contribution is 6.31. The summed E-state index contributed by atoms with van der Waals surface area (Å²) in [6.45, 7) is 2.45. The van der Waals surface area contributed by atoms with Crippen molar-refractivity contribution >= 4 is 17.9 Å². The molecule has 0 aliphatic carbocycles. The maximum atomic E-state index is 11.5. The molecule has 2 aromatic rings. The van der Waals surface area contributed by atoms with E-state index < -0.39 is 5.54 Å². The molecule has 0 saturated heterocycles. The minimum Gasteiger partial charge on any atom is -0.301 e. The SMILES string of the molecule is CC(C=O)(NCc1ccccc1)c1ccccc1Cl. The Kier molecular flexibility index (Phi) is 4.35. The molecule has 0 aliphatic heterocycles. The third kappa shape index (κ3) is 3.22. The second-order valence-corrected chi connectivity index (χ2v) is 5.05. The summed E-state index contributed by atoms with van der Waals surface area (Å²) in [4.78, 5) is 11.5. The molecule has 1 N–H and O–H groups in total. The first kappa shape index (κ1) is 13.8. The Morgan fingerprint density at radius 3 is 2.37 bits per heavy atom. The molecule has 98 valence electrons. The minimum absolute atomic E-state index is 0.595. The number of nitrogens with one attached hydrogen (secondary N) is 1. The second-order valence-electron chi connectivity index (χ2n) is 4.64. The van der Waals surface area contributed by atoms with Crippen LogP contribution < -0.4 is 5.32 Å². The first-order valence-corrected chi connectivity index (χ1v) is 6.54. The van der Waals surface area contributed by atoms with Gasteiger partial charge in [0.1, 0.15) is 6.29 Å². The molecule has 0 spiro atoms. The molecule has 3 heteroatoms. The second kappa shape index (κ2) is 6.00. The van der Waals surface area contributed by atoms with Crippen LogP contribution in [0.5, 0.6) is 0 Å². The van der Waals surface area contributed by atoms with Gasteiger partial charge in [0.25, 0.3) is 0 Å². The highest BCUT2D eigenvalue weighted by atomic mass is 35.5. The van der Waals surface area contributed by atoms with E-state index in [1.807, 2.05) is 55.5 Å². The maximum absolute atomic E-state index is 11.5. The van der Waals surface area contributed by atoms with Crippen molar-refractivity contribution in [3.05, 3.63) is 70.7 Å². The van der Waals surface area contributed by atoms with Crippen molar-refractivity contribution in [3.63, 3.8) is 0 Å². The fourth-order valence-corrected chi connectivity index (χ4v) is 2.30. The van der Waals surface area contributed by atoms with E-state index in [0.717, 1.165) is 17.4 Å². The average Bonchev–Trinajstić information content (AvgIpc) is 2.46. The number of aldehydes is 1. The van der Waals surface area contributed by atoms with Gasteiger partial charge >= 0.3 is 0 Å². The number of rotatable bonds is 5. The van der Waals surface area contributed by atoms with Crippen LogP contribution in [-0.2, 0) is 16.9 Å². The van der Waals surface area contributed by atoms with Crippen LogP contribution in [-0.4, -0.2) is 6.29 Å². The number of hydrogen-bond donors (Lipinski definition) is 1. The minimum atomic E-state index is -0.784. The van der Waals surface area contributed by atoms with E-state index in [9.17, 15) is 4.79 Å². The van der Waals surface area contributed by atoms with Gasteiger partial charge in [0.2, 0.25) is 0 Å². The van der Waals surface area contributed by atoms with E-state index in [1.54, 1.807) is 6.07 Å². The molecule has 0 saturated carbocycles. The molecular formula is C16H16ClNO. The molecule has 2 aromatic carbocycles. The highest BCUT2D eigenvalue weighted by Crippen LogP contribution is 2.26. The first-order chi connectivity index (χ1) is 9.15. The lowest BCUT2D eigenvalue weighted by molar-refractivity contribution is -0.113. The van der Waals surface area contributed by atoms with Crippen molar-refractivity contribution in [2.24, 2.45) is 0 Å². The summed E-state index contributed by atoms with van der Waals surface area (Å²) < 4.78 is 0. The quantitative estimate of drug-likeness (QED) is 0.844. The summed E-state index contributed by atoms with van der Waals surface area (Å²) in [5.74, 6) is 0. The lowest BCUT2D eigenvalue weighted by atomic mass is 9.93. The molecule has 0 fully saturated rings. The van der Waals surface area contributed by atoms with Crippen molar-refractivity contribution in [1.82, 2.24) is 5.32 Å². The fraction of sp³-hybridized carbons (Fsp3) is 0.188. The normalized spacial score (nSPS) is 13.8. The fourth-order valence-electron chi connectivity index (χ4n) is 1.96. The lowest BCUT2D eigenvalue weighted by Crippen LogP contribution is -2.40. The zero-order valence-corrected chi connectivity index (χ0v) is 11.5. The molecule has 0 aromatic heterocycles. The molecular weight excluding hydrogens is 258 g/mol. The van der Waals surface area contributed by atoms with Gasteiger partial charge < -0.3 is 4.79 Å². The average molecular weight is 274 g/mol. The molecule has 0 amide bonds. The van der Waals surface area contributed by atoms with Crippen LogP contribution in [0.4, 0.5) is 0 Å². The van der Waals surface area contributed by atoms with Gasteiger partial charge in [0, 0.05) is 11.6 Å². The summed E-state index contributed by atoms with van der Waals surface area (Å²) >= 11 is 6.17. The van der Waals surface area contributed by atoms with Crippen LogP contribution in [0.2, 0.25) is 5.02 Å². The lowest BCUT2D eigenvalue weighted by Gasteiger charge is -2.26. The molecule has 19 heavy (non-hydrogen) atoms. The van der Waals surface area contributed by atoms with E-state index >= 15 is 0 Å². The Morgan fingerprint density at radius 2 is 1.74 bits per heavy atom. The molecule has 0 bridgehead atoms. The van der Waals surface area contributed by atoms with Crippen molar-refractivity contribution in [3.8, 4) is 0 Å². The molecule has 0 radical (unpaired) electrons. The standard InChI is InChI=1S/C16H16ClNO/c1-16(12-19,14-9-5-6-10-15(14)17)18-11-13-7-3-2-4-8-13/h2-10,12,18H,11H2,1H3. The highest BCUT2D eigenvalue weighted by Gasteiger charge is 2.27. The van der Waals surface area contributed by atoms with Crippen LogP contribution in [0, 0.1) is 0 Å². The molecule has 2 nitrogen and oxygen atoms in total. The molecule has 2 rings (SSSR count). The number of carbonyl (C=O) groups is 1. The Morgan fingerprint density at radius 1 is 1.11 bits per heavy atom. The number of benzene rings is 2. The zero-order valence-electron chi connectivity index (χ0n) is 10.8. The van der Waals surface area contributed by atoms with Gasteiger partial charge in [0.15, 0.2) is 0 Å². The van der Waals surface area contributed by atoms with E-state index in [0.29, 0.717) is 11.6 Å². The van der Waals surface area contributed by atoms with Gasteiger partial charge in [0.05, 0.1) is 5.54 Å². The van der Waals surface area contributed by atoms with Crippen molar-refractivity contribution in [2.45, 2.75) is 19.0 Å². The largest absolute Gasteiger partial charge is 0.301 e. The predicted molar refractivity (Wildman–Crippen MR) is 78.1 cm³/mol. The van der Waals surface area contributed by atoms with Crippen LogP contribution in [0.25, 0.3) is 0 Å². The topological polar surface area (TPSA) is 29.1 Å². The monoisotopic (exact) mass is 273 g/mol. The van der Waals surface area contributed by atoms with Crippen molar-refractivity contribution in [1.29, 1.82) is 0 Å². The van der Waals surface area contributed by atoms with Gasteiger partial charge in [-0.05, 0) is 24.1 Å². The van der Waals surface area contributed by atoms with Crippen molar-refractivity contribution in [2.75, 3.05) is 0 Å². The number of hydrogen-bond acceptors (Lipinski definition) is 2. The summed E-state index contributed by atoms with van der Waals surface area (Å²) in [7, 11) is 0. The summed E-state index contributed by atoms with van der Waals surface area (Å²) in [5.41, 5.74) is 1.14. The van der Waals surface area contributed by atoms with Crippen LogP contribution >= 0.6 is 11.6 Å². The Bertz CT molecular complexity index is 556.